The molecule has 180 valence electrons. The molecule has 5 rings (SSSR count). The van der Waals surface area contributed by atoms with Crippen LogP contribution < -0.4 is 4.74 Å². The van der Waals surface area contributed by atoms with Crippen LogP contribution in [-0.2, 0) is 20.3 Å². The van der Waals surface area contributed by atoms with E-state index >= 15 is 0 Å². The molecule has 10 nitrogen and oxygen atoms in total. The minimum Gasteiger partial charge on any atom is -0.481 e. The summed E-state index contributed by atoms with van der Waals surface area (Å²) in [5.74, 6) is 1.37. The van der Waals surface area contributed by atoms with E-state index in [1.165, 1.54) is 19.5 Å². The van der Waals surface area contributed by atoms with Gasteiger partial charge in [-0.1, -0.05) is 17.7 Å². The first-order chi connectivity index (χ1) is 16.3. The van der Waals surface area contributed by atoms with Gasteiger partial charge < -0.3 is 14.0 Å². The third-order valence-corrected chi connectivity index (χ3v) is 8.99. The zero-order valence-corrected chi connectivity index (χ0v) is 20.6. The molecule has 3 aromatic heterocycles. The van der Waals surface area contributed by atoms with Crippen LogP contribution in [0.3, 0.4) is 0 Å². The third kappa shape index (κ3) is 4.16. The molecule has 0 saturated heterocycles. The van der Waals surface area contributed by atoms with Crippen molar-refractivity contribution in [2.75, 3.05) is 14.2 Å². The van der Waals surface area contributed by atoms with Crippen molar-refractivity contribution >= 4 is 21.4 Å². The highest BCUT2D eigenvalue weighted by atomic mass is 35.5. The summed E-state index contributed by atoms with van der Waals surface area (Å²) in [6.07, 6.45) is 5.23. The summed E-state index contributed by atoms with van der Waals surface area (Å²) in [5.41, 5.74) is 0.836. The number of aromatic nitrogens is 6. The third-order valence-electron chi connectivity index (χ3n) is 6.75. The van der Waals surface area contributed by atoms with Gasteiger partial charge in [0.25, 0.3) is 0 Å². The Morgan fingerprint density at radius 2 is 1.94 bits per heavy atom. The van der Waals surface area contributed by atoms with E-state index in [2.05, 4.69) is 25.1 Å². The lowest BCUT2D eigenvalue weighted by Crippen LogP contribution is -2.30. The Bertz CT molecular complexity index is 1310. The van der Waals surface area contributed by atoms with Gasteiger partial charge in [-0.25, -0.2) is 23.4 Å². The highest BCUT2D eigenvalue weighted by Crippen LogP contribution is 2.73. The van der Waals surface area contributed by atoms with E-state index in [9.17, 15) is 8.42 Å². The molecule has 2 saturated carbocycles. The van der Waals surface area contributed by atoms with Crippen molar-refractivity contribution in [3.63, 3.8) is 0 Å². The van der Waals surface area contributed by atoms with Crippen molar-refractivity contribution in [1.29, 1.82) is 0 Å². The SMILES string of the molecule is COc1cccc(-c2nnc(CS(=O)(=O)[C@@H](C)[C@H](OC)c3ncc(Cl)cn3)n2[C@H]2CC23CC3)n1. The van der Waals surface area contributed by atoms with Gasteiger partial charge >= 0.3 is 0 Å². The van der Waals surface area contributed by atoms with E-state index in [1.807, 2.05) is 16.7 Å². The van der Waals surface area contributed by atoms with Crippen LogP contribution in [0.4, 0.5) is 0 Å². The first-order valence-electron chi connectivity index (χ1n) is 10.9. The monoisotopic (exact) mass is 504 g/mol. The number of hydrogen-bond acceptors (Lipinski definition) is 9. The van der Waals surface area contributed by atoms with Crippen molar-refractivity contribution in [1.82, 2.24) is 29.7 Å². The Morgan fingerprint density at radius 1 is 1.21 bits per heavy atom. The number of halogens is 1. The Balaban J connectivity index is 1.47. The van der Waals surface area contributed by atoms with E-state index in [0.717, 1.165) is 19.3 Å². The van der Waals surface area contributed by atoms with E-state index in [4.69, 9.17) is 21.1 Å². The highest BCUT2D eigenvalue weighted by molar-refractivity contribution is 7.91. The van der Waals surface area contributed by atoms with E-state index in [-0.39, 0.29) is 23.0 Å². The zero-order chi connectivity index (χ0) is 24.1. The number of pyridine rings is 1. The molecule has 0 N–H and O–H groups in total. The fourth-order valence-corrected chi connectivity index (χ4v) is 5.97. The van der Waals surface area contributed by atoms with E-state index in [1.54, 1.807) is 20.1 Å². The molecule has 2 fully saturated rings. The summed E-state index contributed by atoms with van der Waals surface area (Å²) < 4.78 is 39.7. The lowest BCUT2D eigenvalue weighted by Gasteiger charge is -2.21. The van der Waals surface area contributed by atoms with Crippen molar-refractivity contribution in [3.05, 3.63) is 47.3 Å². The summed E-state index contributed by atoms with van der Waals surface area (Å²) in [5, 5.41) is 8.10. The molecule has 2 aliphatic rings. The lowest BCUT2D eigenvalue weighted by molar-refractivity contribution is 0.0948. The summed E-state index contributed by atoms with van der Waals surface area (Å²) in [4.78, 5) is 12.8. The van der Waals surface area contributed by atoms with Gasteiger partial charge in [-0.05, 0) is 37.7 Å². The highest BCUT2D eigenvalue weighted by Gasteiger charge is 2.64. The largest absolute Gasteiger partial charge is 0.481 e. The second-order valence-electron chi connectivity index (χ2n) is 8.89. The molecule has 12 heteroatoms. The van der Waals surface area contributed by atoms with Crippen LogP contribution in [0.5, 0.6) is 5.88 Å². The molecular formula is C22H25ClN6O4S. The predicted octanol–water partition coefficient (Wildman–Crippen LogP) is 3.21. The van der Waals surface area contributed by atoms with E-state index < -0.39 is 21.2 Å². The molecule has 0 bridgehead atoms. The number of rotatable bonds is 9. The summed E-state index contributed by atoms with van der Waals surface area (Å²) in [7, 11) is -0.732. The summed E-state index contributed by atoms with van der Waals surface area (Å²) in [6, 6.07) is 5.57. The standard InChI is InChI=1S/C22H25ClN6O4S/c1-13(19(33-3)20-24-10-14(23)11-25-20)34(30,31)12-17-27-28-21(15-5-4-6-18(26-15)32-2)29(17)16-9-22(16)7-8-22/h4-6,10-11,13,16,19H,7-9,12H2,1-3H3/t13-,16-,19-/m0/s1. The second-order valence-corrected chi connectivity index (χ2v) is 11.7. The van der Waals surface area contributed by atoms with Gasteiger partial charge in [0.2, 0.25) is 5.88 Å². The molecule has 0 aliphatic heterocycles. The molecule has 0 radical (unpaired) electrons. The minimum atomic E-state index is -3.72. The first-order valence-corrected chi connectivity index (χ1v) is 13.0. The molecule has 1 spiro atoms. The van der Waals surface area contributed by atoms with Gasteiger partial charge in [-0.15, -0.1) is 10.2 Å². The zero-order valence-electron chi connectivity index (χ0n) is 19.0. The van der Waals surface area contributed by atoms with Crippen LogP contribution in [0, 0.1) is 5.41 Å². The average Bonchev–Trinajstić information content (AvgIpc) is 3.73. The lowest BCUT2D eigenvalue weighted by atomic mass is 10.2. The molecule has 3 heterocycles. The fraction of sp³-hybridized carbons (Fsp3) is 0.500. The Kier molecular flexibility index (Phi) is 5.81. The van der Waals surface area contributed by atoms with Gasteiger partial charge in [0, 0.05) is 31.6 Å². The van der Waals surface area contributed by atoms with Crippen LogP contribution in [0.15, 0.2) is 30.6 Å². The molecule has 0 unspecified atom stereocenters. The Morgan fingerprint density at radius 3 is 2.56 bits per heavy atom. The predicted molar refractivity (Wildman–Crippen MR) is 124 cm³/mol. The summed E-state index contributed by atoms with van der Waals surface area (Å²) in [6.45, 7) is 1.59. The van der Waals surface area contributed by atoms with Crippen molar-refractivity contribution in [2.45, 2.75) is 49.3 Å². The van der Waals surface area contributed by atoms with Crippen LogP contribution in [0.2, 0.25) is 5.02 Å². The first kappa shape index (κ1) is 23.1. The van der Waals surface area contributed by atoms with E-state index in [0.29, 0.717) is 28.2 Å². The Hall–Kier alpha value is -2.63. The maximum atomic E-state index is 13.5. The number of hydrogen-bond donors (Lipinski definition) is 0. The van der Waals surface area contributed by atoms with Gasteiger partial charge in [0.1, 0.15) is 23.4 Å². The molecule has 0 aromatic carbocycles. The van der Waals surface area contributed by atoms with Crippen LogP contribution in [0.1, 0.15) is 50.0 Å². The number of ether oxygens (including phenoxy) is 2. The number of nitrogens with zero attached hydrogens (tertiary/aromatic N) is 6. The molecule has 34 heavy (non-hydrogen) atoms. The average molecular weight is 505 g/mol. The van der Waals surface area contributed by atoms with Crippen molar-refractivity contribution < 1.29 is 17.9 Å². The fourth-order valence-electron chi connectivity index (χ4n) is 4.44. The number of methoxy groups -OCH3 is 2. The smallest absolute Gasteiger partial charge is 0.213 e. The molecular weight excluding hydrogens is 480 g/mol. The maximum absolute atomic E-state index is 13.5. The van der Waals surface area contributed by atoms with Gasteiger partial charge in [-0.2, -0.15) is 0 Å². The van der Waals surface area contributed by atoms with Gasteiger partial charge in [-0.3, -0.25) is 0 Å². The van der Waals surface area contributed by atoms with Crippen molar-refractivity contribution in [3.8, 4) is 17.4 Å². The van der Waals surface area contributed by atoms with Crippen LogP contribution in [-0.4, -0.2) is 57.6 Å². The topological polar surface area (TPSA) is 122 Å². The molecule has 3 aromatic rings. The minimum absolute atomic E-state index is 0.170. The maximum Gasteiger partial charge on any atom is 0.213 e. The van der Waals surface area contributed by atoms with Crippen LogP contribution in [0.25, 0.3) is 11.5 Å². The Labute approximate surface area is 202 Å². The normalized spacial score (nSPS) is 20.2. The summed E-state index contributed by atoms with van der Waals surface area (Å²) >= 11 is 5.87. The molecule has 0 amide bonds. The molecule has 2 aliphatic carbocycles. The second kappa shape index (κ2) is 8.54. The van der Waals surface area contributed by atoms with Gasteiger partial charge in [0.15, 0.2) is 21.5 Å². The quantitative estimate of drug-likeness (QED) is 0.432. The molecule has 3 atom stereocenters. The van der Waals surface area contributed by atoms with Gasteiger partial charge in [0.05, 0.1) is 17.4 Å². The van der Waals surface area contributed by atoms with Crippen LogP contribution >= 0.6 is 11.6 Å². The van der Waals surface area contributed by atoms with Crippen molar-refractivity contribution in [2.24, 2.45) is 5.41 Å². The number of sulfone groups is 1.